The standard InChI is InChI=1S/C22H21FN2O3/c23-18-6-2-5-16(11-18)21-20(25-22(27)28-21)17-9-15(12-24-13-17)7-8-19(26)10-14-3-1-4-14/h2,5-6,9,11-14,19-21,26H,1,3-4,10H2,(H,25,27)/t19?,20-,21-/m1/s1. The van der Waals surface area contributed by atoms with E-state index in [2.05, 4.69) is 22.1 Å². The smallest absolute Gasteiger partial charge is 0.408 e. The molecule has 4 rings (SSSR count). The predicted octanol–water partition coefficient (Wildman–Crippen LogP) is 3.65. The molecule has 3 atom stereocenters. The number of cyclic esters (lactones) is 1. The minimum atomic E-state index is -0.655. The molecule has 1 aliphatic carbocycles. The fourth-order valence-electron chi connectivity index (χ4n) is 3.59. The number of aliphatic hydroxyl groups excluding tert-OH is 1. The Morgan fingerprint density at radius 1 is 1.29 bits per heavy atom. The van der Waals surface area contributed by atoms with Crippen molar-refractivity contribution in [3.8, 4) is 11.8 Å². The second kappa shape index (κ2) is 7.99. The molecule has 2 N–H and O–H groups in total. The highest BCUT2D eigenvalue weighted by Crippen LogP contribution is 2.36. The Balaban J connectivity index is 1.53. The number of aromatic nitrogens is 1. The second-order valence-corrected chi connectivity index (χ2v) is 7.33. The molecule has 144 valence electrons. The maximum Gasteiger partial charge on any atom is 0.408 e. The molecule has 1 aromatic heterocycles. The molecular formula is C22H21FN2O3. The van der Waals surface area contributed by atoms with Crippen molar-refractivity contribution in [1.82, 2.24) is 10.3 Å². The van der Waals surface area contributed by atoms with Gasteiger partial charge in [-0.25, -0.2) is 9.18 Å². The van der Waals surface area contributed by atoms with Crippen LogP contribution in [0.5, 0.6) is 0 Å². The summed E-state index contributed by atoms with van der Waals surface area (Å²) in [6.07, 6.45) is 5.64. The van der Waals surface area contributed by atoms with Gasteiger partial charge in [-0.15, -0.1) is 0 Å². The van der Waals surface area contributed by atoms with Crippen molar-refractivity contribution < 1.29 is 19.0 Å². The Bertz CT molecular complexity index is 933. The highest BCUT2D eigenvalue weighted by atomic mass is 19.1. The Kier molecular flexibility index (Phi) is 5.27. The molecule has 1 saturated heterocycles. The van der Waals surface area contributed by atoms with E-state index in [0.717, 1.165) is 0 Å². The molecule has 2 fully saturated rings. The first-order chi connectivity index (χ1) is 13.6. The van der Waals surface area contributed by atoms with Crippen LogP contribution in [-0.4, -0.2) is 22.3 Å². The molecule has 2 aromatic rings. The first kappa shape index (κ1) is 18.5. The van der Waals surface area contributed by atoms with E-state index >= 15 is 0 Å². The van der Waals surface area contributed by atoms with E-state index < -0.39 is 30.2 Å². The van der Waals surface area contributed by atoms with Crippen molar-refractivity contribution in [2.45, 2.75) is 43.9 Å². The Hall–Kier alpha value is -2.91. The van der Waals surface area contributed by atoms with Gasteiger partial charge in [0.05, 0.1) is 0 Å². The highest BCUT2D eigenvalue weighted by molar-refractivity contribution is 5.71. The number of aliphatic hydroxyl groups is 1. The van der Waals surface area contributed by atoms with Crippen LogP contribution in [0.15, 0.2) is 42.7 Å². The van der Waals surface area contributed by atoms with Gasteiger partial charge in [-0.1, -0.05) is 43.2 Å². The molecule has 2 aliphatic rings. The molecular weight excluding hydrogens is 359 g/mol. The van der Waals surface area contributed by atoms with E-state index in [4.69, 9.17) is 4.74 Å². The van der Waals surface area contributed by atoms with Crippen LogP contribution >= 0.6 is 0 Å². The van der Waals surface area contributed by atoms with Crippen molar-refractivity contribution in [2.75, 3.05) is 0 Å². The van der Waals surface area contributed by atoms with Crippen molar-refractivity contribution in [1.29, 1.82) is 0 Å². The summed E-state index contributed by atoms with van der Waals surface area (Å²) in [7, 11) is 0. The topological polar surface area (TPSA) is 71.5 Å². The summed E-state index contributed by atoms with van der Waals surface area (Å²) < 4.78 is 18.9. The number of amides is 1. The third-order valence-corrected chi connectivity index (χ3v) is 5.27. The third kappa shape index (κ3) is 4.15. The number of ether oxygens (including phenoxy) is 1. The first-order valence-corrected chi connectivity index (χ1v) is 9.45. The number of nitrogens with one attached hydrogen (secondary N) is 1. The van der Waals surface area contributed by atoms with E-state index in [0.29, 0.717) is 29.0 Å². The first-order valence-electron chi connectivity index (χ1n) is 9.45. The number of carbonyl (C=O) groups excluding carboxylic acids is 1. The quantitative estimate of drug-likeness (QED) is 0.795. The monoisotopic (exact) mass is 380 g/mol. The molecule has 0 bridgehead atoms. The SMILES string of the molecule is O=C1N[C@H](c2cncc(C#CC(O)CC3CCC3)c2)[C@@H](c2cccc(F)c2)O1. The summed E-state index contributed by atoms with van der Waals surface area (Å²) in [5, 5.41) is 12.8. The number of carbonyl (C=O) groups is 1. The summed E-state index contributed by atoms with van der Waals surface area (Å²) >= 11 is 0. The zero-order valence-electron chi connectivity index (χ0n) is 15.3. The number of rotatable bonds is 4. The van der Waals surface area contributed by atoms with E-state index in [1.165, 1.54) is 31.4 Å². The lowest BCUT2D eigenvalue weighted by Gasteiger charge is -2.25. The summed E-state index contributed by atoms with van der Waals surface area (Å²) in [5.41, 5.74) is 1.92. The fourth-order valence-corrected chi connectivity index (χ4v) is 3.59. The van der Waals surface area contributed by atoms with Gasteiger partial charge in [-0.3, -0.25) is 4.98 Å². The van der Waals surface area contributed by atoms with Crippen LogP contribution in [0.1, 0.15) is 54.5 Å². The number of nitrogens with zero attached hydrogens (tertiary/aromatic N) is 1. The van der Waals surface area contributed by atoms with Gasteiger partial charge in [-0.2, -0.15) is 0 Å². The average molecular weight is 380 g/mol. The number of alkyl carbamates (subject to hydrolysis) is 1. The molecule has 0 spiro atoms. The van der Waals surface area contributed by atoms with Gasteiger partial charge in [0.2, 0.25) is 0 Å². The van der Waals surface area contributed by atoms with Crippen LogP contribution in [0, 0.1) is 23.6 Å². The van der Waals surface area contributed by atoms with Crippen molar-refractivity contribution >= 4 is 6.09 Å². The summed E-state index contributed by atoms with van der Waals surface area (Å²) in [5.74, 6) is 6.02. The van der Waals surface area contributed by atoms with Crippen LogP contribution < -0.4 is 5.32 Å². The van der Waals surface area contributed by atoms with Gasteiger partial charge in [-0.05, 0) is 41.7 Å². The molecule has 1 aromatic carbocycles. The van der Waals surface area contributed by atoms with E-state index in [9.17, 15) is 14.3 Å². The van der Waals surface area contributed by atoms with Gasteiger partial charge in [0.1, 0.15) is 18.0 Å². The van der Waals surface area contributed by atoms with Crippen molar-refractivity contribution in [3.63, 3.8) is 0 Å². The molecule has 0 radical (unpaired) electrons. The predicted molar refractivity (Wildman–Crippen MR) is 101 cm³/mol. The van der Waals surface area contributed by atoms with Gasteiger partial charge in [0.15, 0.2) is 6.10 Å². The molecule has 1 aliphatic heterocycles. The number of benzene rings is 1. The van der Waals surface area contributed by atoms with Gasteiger partial charge in [0.25, 0.3) is 0 Å². The lowest BCUT2D eigenvalue weighted by Crippen LogP contribution is -2.20. The number of pyridine rings is 1. The normalized spacial score (nSPS) is 22.4. The van der Waals surface area contributed by atoms with Crippen LogP contribution in [-0.2, 0) is 4.74 Å². The van der Waals surface area contributed by atoms with Crippen LogP contribution in [0.3, 0.4) is 0 Å². The molecule has 1 saturated carbocycles. The van der Waals surface area contributed by atoms with Crippen LogP contribution in [0.4, 0.5) is 9.18 Å². The molecule has 6 heteroatoms. The molecule has 2 heterocycles. The molecule has 5 nitrogen and oxygen atoms in total. The lowest BCUT2D eigenvalue weighted by molar-refractivity contribution is 0.132. The van der Waals surface area contributed by atoms with Gasteiger partial charge >= 0.3 is 6.09 Å². The Morgan fingerprint density at radius 2 is 2.14 bits per heavy atom. The minimum Gasteiger partial charge on any atom is -0.439 e. The number of halogens is 1. The maximum atomic E-state index is 13.6. The lowest BCUT2D eigenvalue weighted by atomic mass is 9.81. The number of hydrogen-bond donors (Lipinski definition) is 2. The largest absolute Gasteiger partial charge is 0.439 e. The summed E-state index contributed by atoms with van der Waals surface area (Å²) in [6.45, 7) is 0. The van der Waals surface area contributed by atoms with Gasteiger partial charge < -0.3 is 15.2 Å². The second-order valence-electron chi connectivity index (χ2n) is 7.33. The maximum absolute atomic E-state index is 13.6. The number of hydrogen-bond acceptors (Lipinski definition) is 4. The van der Waals surface area contributed by atoms with Crippen molar-refractivity contribution in [2.24, 2.45) is 5.92 Å². The van der Waals surface area contributed by atoms with Crippen molar-refractivity contribution in [3.05, 3.63) is 65.2 Å². The Labute approximate surface area is 162 Å². The minimum absolute atomic E-state index is 0.391. The van der Waals surface area contributed by atoms with E-state index in [1.54, 1.807) is 24.5 Å². The third-order valence-electron chi connectivity index (χ3n) is 5.27. The zero-order chi connectivity index (χ0) is 19.5. The van der Waals surface area contributed by atoms with Crippen LogP contribution in [0.25, 0.3) is 0 Å². The van der Waals surface area contributed by atoms with E-state index in [-0.39, 0.29) is 0 Å². The fraction of sp³-hybridized carbons (Fsp3) is 0.364. The molecule has 1 amide bonds. The summed E-state index contributed by atoms with van der Waals surface area (Å²) in [6, 6.07) is 7.30. The molecule has 1 unspecified atom stereocenters. The highest BCUT2D eigenvalue weighted by Gasteiger charge is 2.36. The van der Waals surface area contributed by atoms with Gasteiger partial charge in [0, 0.05) is 18.0 Å². The zero-order valence-corrected chi connectivity index (χ0v) is 15.3. The van der Waals surface area contributed by atoms with Crippen LogP contribution in [0.2, 0.25) is 0 Å². The summed E-state index contributed by atoms with van der Waals surface area (Å²) in [4.78, 5) is 16.0. The Morgan fingerprint density at radius 3 is 2.89 bits per heavy atom. The van der Waals surface area contributed by atoms with E-state index in [1.807, 2.05) is 6.07 Å². The molecule has 28 heavy (non-hydrogen) atoms. The average Bonchev–Trinajstić information content (AvgIpc) is 3.05.